The molecule has 3 nitrogen and oxygen atoms in total. The molecule has 1 aromatic heterocycles. The van der Waals surface area contributed by atoms with Gasteiger partial charge in [-0.1, -0.05) is 12.1 Å². The molecule has 6 heteroatoms. The van der Waals surface area contributed by atoms with Gasteiger partial charge in [-0.2, -0.15) is 8.78 Å². The zero-order valence-corrected chi connectivity index (χ0v) is 11.2. The van der Waals surface area contributed by atoms with Gasteiger partial charge in [0, 0.05) is 23.4 Å². The van der Waals surface area contributed by atoms with Crippen LogP contribution in [0.1, 0.15) is 11.9 Å². The Hall–Kier alpha value is -1.53. The van der Waals surface area contributed by atoms with Crippen LogP contribution >= 0.6 is 11.3 Å². The maximum absolute atomic E-state index is 12.3. The van der Waals surface area contributed by atoms with Gasteiger partial charge in [0.1, 0.15) is 5.75 Å². The monoisotopic (exact) mass is 284 g/mol. The van der Waals surface area contributed by atoms with Gasteiger partial charge in [0.25, 0.3) is 0 Å². The summed E-state index contributed by atoms with van der Waals surface area (Å²) in [6.07, 6.45) is 0.669. The summed E-state index contributed by atoms with van der Waals surface area (Å²) in [5.41, 5.74) is 6.91. The molecule has 0 aliphatic carbocycles. The van der Waals surface area contributed by atoms with Crippen molar-refractivity contribution in [3.63, 3.8) is 0 Å². The van der Waals surface area contributed by atoms with Crippen LogP contribution in [0.2, 0.25) is 0 Å². The molecule has 102 valence electrons. The molecule has 1 heterocycles. The third kappa shape index (κ3) is 3.71. The standard InChI is InChI=1S/C13H14F2N2OS/c1-8(16)6-12-17-10(7-19-12)9-4-2-3-5-11(9)18-13(14)15/h2-5,7-8,13H,6,16H2,1H3. The van der Waals surface area contributed by atoms with Crippen molar-refractivity contribution in [2.24, 2.45) is 5.73 Å². The number of ether oxygens (including phenoxy) is 1. The highest BCUT2D eigenvalue weighted by Gasteiger charge is 2.13. The van der Waals surface area contributed by atoms with Gasteiger partial charge in [-0.05, 0) is 19.1 Å². The van der Waals surface area contributed by atoms with Gasteiger partial charge in [-0.3, -0.25) is 0 Å². The molecule has 1 unspecified atom stereocenters. The lowest BCUT2D eigenvalue weighted by Crippen LogP contribution is -2.17. The van der Waals surface area contributed by atoms with Crippen molar-refractivity contribution in [2.75, 3.05) is 0 Å². The van der Waals surface area contributed by atoms with E-state index in [0.717, 1.165) is 5.01 Å². The smallest absolute Gasteiger partial charge is 0.387 e. The van der Waals surface area contributed by atoms with E-state index in [1.807, 2.05) is 12.3 Å². The van der Waals surface area contributed by atoms with Crippen molar-refractivity contribution < 1.29 is 13.5 Å². The number of alkyl halides is 2. The number of thiazole rings is 1. The number of nitrogens with two attached hydrogens (primary N) is 1. The van der Waals surface area contributed by atoms with E-state index in [4.69, 9.17) is 5.73 Å². The summed E-state index contributed by atoms with van der Waals surface area (Å²) in [4.78, 5) is 4.40. The van der Waals surface area contributed by atoms with Crippen LogP contribution in [0, 0.1) is 0 Å². The van der Waals surface area contributed by atoms with Crippen molar-refractivity contribution in [1.29, 1.82) is 0 Å². The van der Waals surface area contributed by atoms with Gasteiger partial charge in [0.15, 0.2) is 0 Å². The topological polar surface area (TPSA) is 48.1 Å². The average Bonchev–Trinajstić information content (AvgIpc) is 2.76. The first kappa shape index (κ1) is 13.9. The molecule has 2 aromatic rings. The maximum Gasteiger partial charge on any atom is 0.387 e. The molecule has 0 saturated carbocycles. The van der Waals surface area contributed by atoms with Crippen LogP contribution in [-0.2, 0) is 6.42 Å². The predicted octanol–water partition coefficient (Wildman–Crippen LogP) is 3.30. The predicted molar refractivity (Wildman–Crippen MR) is 71.5 cm³/mol. The van der Waals surface area contributed by atoms with Gasteiger partial charge in [0.05, 0.1) is 10.7 Å². The minimum absolute atomic E-state index is 0.0200. The Morgan fingerprint density at radius 1 is 1.37 bits per heavy atom. The number of halogens is 2. The molecular weight excluding hydrogens is 270 g/mol. The summed E-state index contributed by atoms with van der Waals surface area (Å²) in [7, 11) is 0. The normalized spacial score (nSPS) is 12.7. The maximum atomic E-state index is 12.3. The van der Waals surface area contributed by atoms with E-state index in [0.29, 0.717) is 17.7 Å². The van der Waals surface area contributed by atoms with E-state index in [1.54, 1.807) is 18.2 Å². The third-order valence-corrected chi connectivity index (χ3v) is 3.30. The Morgan fingerprint density at radius 3 is 2.79 bits per heavy atom. The van der Waals surface area contributed by atoms with E-state index in [1.165, 1.54) is 17.4 Å². The molecule has 0 aliphatic rings. The number of benzene rings is 1. The Morgan fingerprint density at radius 2 is 2.11 bits per heavy atom. The number of nitrogens with zero attached hydrogens (tertiary/aromatic N) is 1. The molecule has 0 bridgehead atoms. The fourth-order valence-electron chi connectivity index (χ4n) is 1.68. The number of hydrogen-bond donors (Lipinski definition) is 1. The van der Waals surface area contributed by atoms with Gasteiger partial charge < -0.3 is 10.5 Å². The van der Waals surface area contributed by atoms with Crippen LogP contribution in [0.5, 0.6) is 5.75 Å². The van der Waals surface area contributed by atoms with E-state index >= 15 is 0 Å². The van der Waals surface area contributed by atoms with Gasteiger partial charge in [-0.15, -0.1) is 11.3 Å². The molecule has 0 aliphatic heterocycles. The van der Waals surface area contributed by atoms with Gasteiger partial charge in [0.2, 0.25) is 0 Å². The molecule has 0 radical (unpaired) electrons. The zero-order chi connectivity index (χ0) is 13.8. The van der Waals surface area contributed by atoms with Crippen molar-refractivity contribution in [2.45, 2.75) is 26.0 Å². The number of para-hydroxylation sites is 1. The van der Waals surface area contributed by atoms with Crippen molar-refractivity contribution >= 4 is 11.3 Å². The lowest BCUT2D eigenvalue weighted by molar-refractivity contribution is -0.0494. The first-order chi connectivity index (χ1) is 9.06. The molecule has 19 heavy (non-hydrogen) atoms. The SMILES string of the molecule is CC(N)Cc1nc(-c2ccccc2OC(F)F)cs1. The summed E-state index contributed by atoms with van der Waals surface area (Å²) in [5.74, 6) is 0.134. The molecule has 1 aromatic carbocycles. The summed E-state index contributed by atoms with van der Waals surface area (Å²) >= 11 is 1.47. The van der Waals surface area contributed by atoms with Crippen LogP contribution in [-0.4, -0.2) is 17.6 Å². The average molecular weight is 284 g/mol. The fourth-order valence-corrected chi connectivity index (χ4v) is 2.62. The molecule has 0 amide bonds. The van der Waals surface area contributed by atoms with Crippen LogP contribution in [0.4, 0.5) is 8.78 Å². The van der Waals surface area contributed by atoms with Crippen molar-refractivity contribution in [1.82, 2.24) is 4.98 Å². The van der Waals surface area contributed by atoms with E-state index in [9.17, 15) is 8.78 Å². The highest BCUT2D eigenvalue weighted by Crippen LogP contribution is 2.31. The number of aromatic nitrogens is 1. The summed E-state index contributed by atoms with van der Waals surface area (Å²) < 4.78 is 29.2. The summed E-state index contributed by atoms with van der Waals surface area (Å²) in [6.45, 7) is -0.946. The Kier molecular flexibility index (Phi) is 4.44. The fraction of sp³-hybridized carbons (Fsp3) is 0.308. The molecule has 1 atom stereocenters. The van der Waals surface area contributed by atoms with E-state index < -0.39 is 6.61 Å². The Balaban J connectivity index is 2.28. The molecule has 2 N–H and O–H groups in total. The van der Waals surface area contributed by atoms with Crippen LogP contribution < -0.4 is 10.5 Å². The first-order valence-electron chi connectivity index (χ1n) is 5.80. The third-order valence-electron chi connectivity index (χ3n) is 2.43. The second-order valence-electron chi connectivity index (χ2n) is 4.18. The molecular formula is C13H14F2N2OS. The molecule has 0 spiro atoms. The van der Waals surface area contributed by atoms with Crippen molar-refractivity contribution in [3.8, 4) is 17.0 Å². The summed E-state index contributed by atoms with van der Waals surface area (Å²) in [5, 5.41) is 2.71. The van der Waals surface area contributed by atoms with Crippen LogP contribution in [0.25, 0.3) is 11.3 Å². The zero-order valence-electron chi connectivity index (χ0n) is 10.3. The largest absolute Gasteiger partial charge is 0.434 e. The molecule has 2 rings (SSSR count). The van der Waals surface area contributed by atoms with E-state index in [-0.39, 0.29) is 11.8 Å². The minimum atomic E-state index is -2.84. The Bertz CT molecular complexity index is 543. The quantitative estimate of drug-likeness (QED) is 0.916. The van der Waals surface area contributed by atoms with E-state index in [2.05, 4.69) is 9.72 Å². The number of hydrogen-bond acceptors (Lipinski definition) is 4. The second kappa shape index (κ2) is 6.08. The van der Waals surface area contributed by atoms with Gasteiger partial charge >= 0.3 is 6.61 Å². The molecule has 0 fully saturated rings. The van der Waals surface area contributed by atoms with Crippen molar-refractivity contribution in [3.05, 3.63) is 34.7 Å². The van der Waals surface area contributed by atoms with Crippen LogP contribution in [0.3, 0.4) is 0 Å². The lowest BCUT2D eigenvalue weighted by Gasteiger charge is -2.08. The summed E-state index contributed by atoms with van der Waals surface area (Å²) in [6, 6.07) is 6.65. The van der Waals surface area contributed by atoms with Gasteiger partial charge in [-0.25, -0.2) is 4.98 Å². The minimum Gasteiger partial charge on any atom is -0.434 e. The second-order valence-corrected chi connectivity index (χ2v) is 5.13. The first-order valence-corrected chi connectivity index (χ1v) is 6.68. The van der Waals surface area contributed by atoms with Crippen LogP contribution in [0.15, 0.2) is 29.6 Å². The highest BCUT2D eigenvalue weighted by atomic mass is 32.1. The molecule has 0 saturated heterocycles. The number of rotatable bonds is 5. The lowest BCUT2D eigenvalue weighted by atomic mass is 10.1. The highest BCUT2D eigenvalue weighted by molar-refractivity contribution is 7.09. The Labute approximate surface area is 114 Å².